The van der Waals surface area contributed by atoms with Gasteiger partial charge in [-0.3, -0.25) is 0 Å². The van der Waals surface area contributed by atoms with E-state index in [4.69, 9.17) is 4.74 Å². The Labute approximate surface area is 84.1 Å². The summed E-state index contributed by atoms with van der Waals surface area (Å²) in [6.45, 7) is -0.0418. The maximum absolute atomic E-state index is 11.8. The van der Waals surface area contributed by atoms with Crippen molar-refractivity contribution in [3.8, 4) is 0 Å². The van der Waals surface area contributed by atoms with E-state index in [1.54, 1.807) is 0 Å². The molecule has 0 fully saturated rings. The summed E-state index contributed by atoms with van der Waals surface area (Å²) in [5, 5.41) is 0. The molecule has 7 heteroatoms. The maximum Gasteiger partial charge on any atom is 0.389 e. The molecule has 0 aromatic rings. The van der Waals surface area contributed by atoms with Crippen LogP contribution in [0, 0.1) is 0 Å². The van der Waals surface area contributed by atoms with Crippen LogP contribution in [0.3, 0.4) is 0 Å². The normalized spacial score (nSPS) is 20.8. The Kier molecular flexibility index (Phi) is 3.54. The van der Waals surface area contributed by atoms with Crippen LogP contribution in [-0.4, -0.2) is 37.8 Å². The molecular weight excluding hydrogens is 215 g/mol. The molecule has 0 N–H and O–H groups in total. The van der Waals surface area contributed by atoms with Gasteiger partial charge in [-0.1, -0.05) is 0 Å². The van der Waals surface area contributed by atoms with Crippen LogP contribution in [0.4, 0.5) is 13.2 Å². The monoisotopic (exact) mass is 225 g/mol. The van der Waals surface area contributed by atoms with Crippen LogP contribution in [0.25, 0.3) is 0 Å². The molecule has 1 aliphatic heterocycles. The Morgan fingerprint density at radius 2 is 2.33 bits per heavy atom. The fourth-order valence-corrected chi connectivity index (χ4v) is 1.07. The number of hydrogen-bond acceptors (Lipinski definition) is 4. The van der Waals surface area contributed by atoms with E-state index < -0.39 is 24.6 Å². The number of rotatable bonds is 3. The predicted molar refractivity (Wildman–Crippen MR) is 44.5 cm³/mol. The Balaban J connectivity index is 2.42. The Bertz CT molecular complexity index is 275. The standard InChI is InChI=1S/C8H10F3NO3/c1-14-7(13)5-4-15-6(12-5)2-3-8(9,10)11/h5H,2-4H2,1H3. The summed E-state index contributed by atoms with van der Waals surface area (Å²) >= 11 is 0. The summed E-state index contributed by atoms with van der Waals surface area (Å²) < 4.78 is 44.7. The average molecular weight is 225 g/mol. The van der Waals surface area contributed by atoms with E-state index in [-0.39, 0.29) is 18.9 Å². The van der Waals surface area contributed by atoms with Gasteiger partial charge in [-0.2, -0.15) is 13.2 Å². The fraction of sp³-hybridized carbons (Fsp3) is 0.750. The molecule has 0 saturated heterocycles. The van der Waals surface area contributed by atoms with Crippen LogP contribution in [0.15, 0.2) is 4.99 Å². The molecule has 1 atom stereocenters. The highest BCUT2D eigenvalue weighted by molar-refractivity contribution is 5.85. The minimum atomic E-state index is -4.24. The number of ether oxygens (including phenoxy) is 2. The molecule has 0 saturated carbocycles. The van der Waals surface area contributed by atoms with Crippen LogP contribution >= 0.6 is 0 Å². The SMILES string of the molecule is COC(=O)C1COC(CCC(F)(F)F)=N1. The van der Waals surface area contributed by atoms with Crippen LogP contribution < -0.4 is 0 Å². The van der Waals surface area contributed by atoms with E-state index >= 15 is 0 Å². The summed E-state index contributed by atoms with van der Waals surface area (Å²) in [7, 11) is 1.19. The van der Waals surface area contributed by atoms with Crippen molar-refractivity contribution in [3.63, 3.8) is 0 Å². The van der Waals surface area contributed by atoms with Gasteiger partial charge in [0.1, 0.15) is 6.61 Å². The lowest BCUT2D eigenvalue weighted by molar-refractivity contribution is -0.142. The predicted octanol–water partition coefficient (Wildman–Crippen LogP) is 1.30. The number of esters is 1. The third-order valence-corrected chi connectivity index (χ3v) is 1.80. The Morgan fingerprint density at radius 1 is 1.67 bits per heavy atom. The number of hydrogen-bond donors (Lipinski definition) is 0. The van der Waals surface area contributed by atoms with E-state index in [9.17, 15) is 18.0 Å². The van der Waals surface area contributed by atoms with Crippen LogP contribution in [0.1, 0.15) is 12.8 Å². The third kappa shape index (κ3) is 3.77. The molecule has 0 aliphatic carbocycles. The van der Waals surface area contributed by atoms with Gasteiger partial charge < -0.3 is 9.47 Å². The van der Waals surface area contributed by atoms with Gasteiger partial charge in [0, 0.05) is 6.42 Å². The molecule has 0 spiro atoms. The van der Waals surface area contributed by atoms with Gasteiger partial charge in [0.05, 0.1) is 13.5 Å². The van der Waals surface area contributed by atoms with Gasteiger partial charge in [0.25, 0.3) is 0 Å². The molecule has 0 radical (unpaired) electrons. The number of aliphatic imine (C=N–C) groups is 1. The minimum absolute atomic E-state index is 0.0391. The zero-order chi connectivity index (χ0) is 11.5. The number of methoxy groups -OCH3 is 1. The zero-order valence-corrected chi connectivity index (χ0v) is 8.00. The number of halogens is 3. The topological polar surface area (TPSA) is 47.9 Å². The summed E-state index contributed by atoms with van der Waals surface area (Å²) in [6.07, 6.45) is -5.58. The molecule has 15 heavy (non-hydrogen) atoms. The van der Waals surface area contributed by atoms with E-state index in [0.717, 1.165) is 0 Å². The van der Waals surface area contributed by atoms with Gasteiger partial charge in [-0.15, -0.1) is 0 Å². The van der Waals surface area contributed by atoms with Gasteiger partial charge >= 0.3 is 12.1 Å². The first kappa shape index (κ1) is 11.8. The zero-order valence-electron chi connectivity index (χ0n) is 8.00. The molecule has 0 aromatic heterocycles. The average Bonchev–Trinajstić information content (AvgIpc) is 2.61. The molecule has 1 heterocycles. The van der Waals surface area contributed by atoms with Gasteiger partial charge in [-0.05, 0) is 0 Å². The molecule has 0 aromatic carbocycles. The molecule has 0 bridgehead atoms. The molecule has 1 unspecified atom stereocenters. The van der Waals surface area contributed by atoms with Crippen molar-refractivity contribution in [2.24, 2.45) is 4.99 Å². The molecule has 4 nitrogen and oxygen atoms in total. The van der Waals surface area contributed by atoms with Gasteiger partial charge in [-0.25, -0.2) is 9.79 Å². The lowest BCUT2D eigenvalue weighted by atomic mass is 10.3. The first-order valence-corrected chi connectivity index (χ1v) is 4.26. The molecular formula is C8H10F3NO3. The van der Waals surface area contributed by atoms with Crippen LogP contribution in [0.5, 0.6) is 0 Å². The second-order valence-electron chi connectivity index (χ2n) is 2.99. The van der Waals surface area contributed by atoms with E-state index in [2.05, 4.69) is 9.73 Å². The second kappa shape index (κ2) is 4.50. The number of carbonyl (C=O) groups is 1. The minimum Gasteiger partial charge on any atom is -0.478 e. The number of nitrogens with zero attached hydrogens (tertiary/aromatic N) is 1. The molecule has 0 amide bonds. The van der Waals surface area contributed by atoms with Crippen LogP contribution in [0.2, 0.25) is 0 Å². The van der Waals surface area contributed by atoms with Gasteiger partial charge in [0.15, 0.2) is 11.9 Å². The van der Waals surface area contributed by atoms with Gasteiger partial charge in [0.2, 0.25) is 0 Å². The highest BCUT2D eigenvalue weighted by Gasteiger charge is 2.31. The van der Waals surface area contributed by atoms with Crippen molar-refractivity contribution in [2.45, 2.75) is 25.1 Å². The Hall–Kier alpha value is -1.27. The first-order valence-electron chi connectivity index (χ1n) is 4.26. The summed E-state index contributed by atoms with van der Waals surface area (Å²) in [5.74, 6) is -0.639. The lowest BCUT2D eigenvalue weighted by Gasteiger charge is -2.04. The lowest BCUT2D eigenvalue weighted by Crippen LogP contribution is -2.21. The fourth-order valence-electron chi connectivity index (χ4n) is 1.07. The molecule has 1 rings (SSSR count). The van der Waals surface area contributed by atoms with Crippen molar-refractivity contribution >= 4 is 11.9 Å². The summed E-state index contributed by atoms with van der Waals surface area (Å²) in [5.41, 5.74) is 0. The largest absolute Gasteiger partial charge is 0.478 e. The second-order valence-corrected chi connectivity index (χ2v) is 2.99. The maximum atomic E-state index is 11.8. The molecule has 86 valence electrons. The molecule has 1 aliphatic rings. The van der Waals surface area contributed by atoms with Crippen LogP contribution in [-0.2, 0) is 14.3 Å². The van der Waals surface area contributed by atoms with E-state index in [1.807, 2.05) is 0 Å². The Morgan fingerprint density at radius 3 is 2.87 bits per heavy atom. The van der Waals surface area contributed by atoms with Crippen molar-refractivity contribution in [1.29, 1.82) is 0 Å². The van der Waals surface area contributed by atoms with Crippen molar-refractivity contribution in [2.75, 3.05) is 13.7 Å². The smallest absolute Gasteiger partial charge is 0.389 e. The van der Waals surface area contributed by atoms with E-state index in [0.29, 0.717) is 0 Å². The van der Waals surface area contributed by atoms with Crippen molar-refractivity contribution in [3.05, 3.63) is 0 Å². The quantitative estimate of drug-likeness (QED) is 0.680. The number of alkyl halides is 3. The first-order chi connectivity index (χ1) is 6.92. The third-order valence-electron chi connectivity index (χ3n) is 1.80. The van der Waals surface area contributed by atoms with Crippen molar-refractivity contribution < 1.29 is 27.4 Å². The van der Waals surface area contributed by atoms with Crippen molar-refractivity contribution in [1.82, 2.24) is 0 Å². The highest BCUT2D eigenvalue weighted by Crippen LogP contribution is 2.23. The summed E-state index contributed by atoms with van der Waals surface area (Å²) in [6, 6.07) is -0.821. The number of carbonyl (C=O) groups excluding carboxylic acids is 1. The summed E-state index contributed by atoms with van der Waals surface area (Å²) in [4.78, 5) is 14.6. The highest BCUT2D eigenvalue weighted by atomic mass is 19.4. The van der Waals surface area contributed by atoms with E-state index in [1.165, 1.54) is 7.11 Å².